The van der Waals surface area contributed by atoms with Gasteiger partial charge in [-0.15, -0.1) is 0 Å². The molecule has 1 fully saturated rings. The second kappa shape index (κ2) is 8.37. The summed E-state index contributed by atoms with van der Waals surface area (Å²) in [4.78, 5) is 50.2. The van der Waals surface area contributed by atoms with Gasteiger partial charge in [-0.2, -0.15) is 0 Å². The number of amides is 3. The van der Waals surface area contributed by atoms with Gasteiger partial charge in [0.15, 0.2) is 6.10 Å². The summed E-state index contributed by atoms with van der Waals surface area (Å²) in [6, 6.07) is 7.29. The van der Waals surface area contributed by atoms with Crippen LogP contribution in [0, 0.1) is 18.8 Å². The van der Waals surface area contributed by atoms with Gasteiger partial charge in [0.05, 0.1) is 18.3 Å². The summed E-state index contributed by atoms with van der Waals surface area (Å²) in [5, 5.41) is 2.69. The SMILES string of the molecule is Cc1cccc(NC(=O)[C@H](C)OC(=O)CCN2C(=O)[C@H]3CC=CC[C@@H]3C2=O)c1. The first-order valence-corrected chi connectivity index (χ1v) is 9.44. The number of nitrogens with one attached hydrogen (secondary N) is 1. The molecule has 7 heteroatoms. The van der Waals surface area contributed by atoms with Gasteiger partial charge in [0.2, 0.25) is 11.8 Å². The lowest BCUT2D eigenvalue weighted by molar-refractivity contribution is -0.154. The van der Waals surface area contributed by atoms with Gasteiger partial charge in [-0.1, -0.05) is 24.3 Å². The van der Waals surface area contributed by atoms with Gasteiger partial charge < -0.3 is 10.1 Å². The number of aryl methyl sites for hydroxylation is 1. The number of fused-ring (bicyclic) bond motifs is 1. The van der Waals surface area contributed by atoms with Gasteiger partial charge in [0, 0.05) is 12.2 Å². The summed E-state index contributed by atoms with van der Waals surface area (Å²) in [6.45, 7) is 3.37. The van der Waals surface area contributed by atoms with E-state index < -0.39 is 18.0 Å². The number of imide groups is 1. The Kier molecular flexibility index (Phi) is 5.92. The Bertz CT molecular complexity index is 806. The Labute approximate surface area is 163 Å². The topological polar surface area (TPSA) is 92.8 Å². The average molecular weight is 384 g/mol. The van der Waals surface area contributed by atoms with Crippen LogP contribution in [0.3, 0.4) is 0 Å². The maximum absolute atomic E-state index is 12.4. The van der Waals surface area contributed by atoms with E-state index in [-0.39, 0.29) is 36.6 Å². The first-order valence-electron chi connectivity index (χ1n) is 9.44. The fourth-order valence-electron chi connectivity index (χ4n) is 3.57. The van der Waals surface area contributed by atoms with Gasteiger partial charge in [-0.3, -0.25) is 24.1 Å². The molecular formula is C21H24N2O5. The number of likely N-dealkylation sites (tertiary alicyclic amines) is 1. The van der Waals surface area contributed by atoms with Crippen molar-refractivity contribution in [3.05, 3.63) is 42.0 Å². The molecule has 0 radical (unpaired) electrons. The maximum Gasteiger partial charge on any atom is 0.308 e. The molecule has 0 saturated carbocycles. The van der Waals surface area contributed by atoms with Crippen molar-refractivity contribution in [3.8, 4) is 0 Å². The summed E-state index contributed by atoms with van der Waals surface area (Å²) in [5.74, 6) is -2.14. The largest absolute Gasteiger partial charge is 0.452 e. The van der Waals surface area contributed by atoms with E-state index in [1.54, 1.807) is 6.07 Å². The van der Waals surface area contributed by atoms with Crippen molar-refractivity contribution in [3.63, 3.8) is 0 Å². The molecule has 1 aliphatic heterocycles. The van der Waals surface area contributed by atoms with Crippen LogP contribution in [0.25, 0.3) is 0 Å². The number of carbonyl (C=O) groups excluding carboxylic acids is 4. The first kappa shape index (κ1) is 19.8. The summed E-state index contributed by atoms with van der Waals surface area (Å²) in [5.41, 5.74) is 1.62. The highest BCUT2D eigenvalue weighted by molar-refractivity contribution is 6.05. The second-order valence-electron chi connectivity index (χ2n) is 7.22. The summed E-state index contributed by atoms with van der Waals surface area (Å²) in [6.07, 6.45) is 3.84. The van der Waals surface area contributed by atoms with Crippen LogP contribution >= 0.6 is 0 Å². The Balaban J connectivity index is 1.48. The summed E-state index contributed by atoms with van der Waals surface area (Å²) < 4.78 is 5.15. The molecule has 0 aromatic heterocycles. The molecular weight excluding hydrogens is 360 g/mol. The third-order valence-electron chi connectivity index (χ3n) is 5.10. The van der Waals surface area contributed by atoms with Gasteiger partial charge in [-0.25, -0.2) is 0 Å². The lowest BCUT2D eigenvalue weighted by Gasteiger charge is -2.16. The number of rotatable bonds is 6. The van der Waals surface area contributed by atoms with Crippen molar-refractivity contribution < 1.29 is 23.9 Å². The Hall–Kier alpha value is -2.96. The third-order valence-corrected chi connectivity index (χ3v) is 5.10. The van der Waals surface area contributed by atoms with E-state index in [0.29, 0.717) is 18.5 Å². The van der Waals surface area contributed by atoms with E-state index in [0.717, 1.165) is 10.5 Å². The van der Waals surface area contributed by atoms with Crippen LogP contribution in [-0.4, -0.2) is 41.2 Å². The molecule has 28 heavy (non-hydrogen) atoms. The van der Waals surface area contributed by atoms with Crippen LogP contribution in [0.5, 0.6) is 0 Å². The van der Waals surface area contributed by atoms with E-state index in [2.05, 4.69) is 5.32 Å². The first-order chi connectivity index (χ1) is 13.4. The van der Waals surface area contributed by atoms with Crippen molar-refractivity contribution in [2.24, 2.45) is 11.8 Å². The monoisotopic (exact) mass is 384 g/mol. The lowest BCUT2D eigenvalue weighted by atomic mass is 9.85. The van der Waals surface area contributed by atoms with Crippen molar-refractivity contribution >= 4 is 29.4 Å². The summed E-state index contributed by atoms with van der Waals surface area (Å²) >= 11 is 0. The molecule has 7 nitrogen and oxygen atoms in total. The zero-order chi connectivity index (χ0) is 20.3. The highest BCUT2D eigenvalue weighted by atomic mass is 16.5. The number of esters is 1. The van der Waals surface area contributed by atoms with Crippen LogP contribution < -0.4 is 5.32 Å². The predicted molar refractivity (Wildman–Crippen MR) is 102 cm³/mol. The molecule has 0 bridgehead atoms. The van der Waals surface area contributed by atoms with Crippen LogP contribution in [0.15, 0.2) is 36.4 Å². The van der Waals surface area contributed by atoms with Gasteiger partial charge >= 0.3 is 5.97 Å². The van der Waals surface area contributed by atoms with Gasteiger partial charge in [0.1, 0.15) is 0 Å². The molecule has 3 rings (SSSR count). The minimum atomic E-state index is -0.982. The molecule has 2 aliphatic rings. The molecule has 1 aromatic rings. The molecule has 1 aromatic carbocycles. The zero-order valence-electron chi connectivity index (χ0n) is 16.0. The van der Waals surface area contributed by atoms with E-state index in [4.69, 9.17) is 4.74 Å². The number of benzene rings is 1. The molecule has 1 N–H and O–H groups in total. The number of hydrogen-bond donors (Lipinski definition) is 1. The van der Waals surface area contributed by atoms with Gasteiger partial charge in [0.25, 0.3) is 5.91 Å². The fraction of sp³-hybridized carbons (Fsp3) is 0.429. The van der Waals surface area contributed by atoms with E-state index in [9.17, 15) is 19.2 Å². The van der Waals surface area contributed by atoms with Crippen molar-refractivity contribution in [2.45, 2.75) is 39.2 Å². The number of nitrogens with zero attached hydrogens (tertiary/aromatic N) is 1. The van der Waals surface area contributed by atoms with Crippen molar-refractivity contribution in [2.75, 3.05) is 11.9 Å². The predicted octanol–water partition coefficient (Wildman–Crippen LogP) is 2.21. The highest BCUT2D eigenvalue weighted by Gasteiger charge is 2.47. The maximum atomic E-state index is 12.4. The Morgan fingerprint density at radius 1 is 1.18 bits per heavy atom. The molecule has 1 aliphatic carbocycles. The smallest absolute Gasteiger partial charge is 0.308 e. The van der Waals surface area contributed by atoms with E-state index >= 15 is 0 Å². The molecule has 0 unspecified atom stereocenters. The van der Waals surface area contributed by atoms with Crippen LogP contribution in [0.1, 0.15) is 31.7 Å². The lowest BCUT2D eigenvalue weighted by Crippen LogP contribution is -2.35. The molecule has 3 amide bonds. The third kappa shape index (κ3) is 4.30. The number of hydrogen-bond acceptors (Lipinski definition) is 5. The Morgan fingerprint density at radius 2 is 1.82 bits per heavy atom. The minimum absolute atomic E-state index is 0.0181. The minimum Gasteiger partial charge on any atom is -0.452 e. The van der Waals surface area contributed by atoms with E-state index in [1.807, 2.05) is 37.3 Å². The quantitative estimate of drug-likeness (QED) is 0.461. The van der Waals surface area contributed by atoms with Crippen molar-refractivity contribution in [1.29, 1.82) is 0 Å². The number of anilines is 1. The number of allylic oxidation sites excluding steroid dienone is 2. The van der Waals surface area contributed by atoms with Crippen LogP contribution in [0.2, 0.25) is 0 Å². The average Bonchev–Trinajstić information content (AvgIpc) is 2.91. The van der Waals surface area contributed by atoms with E-state index in [1.165, 1.54) is 6.92 Å². The fourth-order valence-corrected chi connectivity index (χ4v) is 3.57. The molecule has 1 heterocycles. The van der Waals surface area contributed by atoms with Crippen LogP contribution in [0.4, 0.5) is 5.69 Å². The normalized spacial score (nSPS) is 22.0. The molecule has 1 saturated heterocycles. The van der Waals surface area contributed by atoms with Crippen molar-refractivity contribution in [1.82, 2.24) is 4.90 Å². The summed E-state index contributed by atoms with van der Waals surface area (Å²) in [7, 11) is 0. The van der Waals surface area contributed by atoms with Crippen LogP contribution in [-0.2, 0) is 23.9 Å². The standard InChI is InChI=1S/C21H24N2O5/c1-13-6-5-7-15(12-13)22-19(25)14(2)28-18(24)10-11-23-20(26)16-8-3-4-9-17(16)21(23)27/h3-7,12,14,16-17H,8-11H2,1-2H3,(H,22,25)/t14-,16-,17-/m0/s1. The molecule has 3 atom stereocenters. The molecule has 148 valence electrons. The zero-order valence-corrected chi connectivity index (χ0v) is 16.0. The number of carbonyl (C=O) groups is 4. The highest BCUT2D eigenvalue weighted by Crippen LogP contribution is 2.35. The second-order valence-corrected chi connectivity index (χ2v) is 7.22. The Morgan fingerprint density at radius 3 is 2.43 bits per heavy atom. The molecule has 0 spiro atoms. The van der Waals surface area contributed by atoms with Gasteiger partial charge in [-0.05, 0) is 44.4 Å². The number of ether oxygens (including phenoxy) is 1.